The van der Waals surface area contributed by atoms with E-state index < -0.39 is 0 Å². The van der Waals surface area contributed by atoms with E-state index in [0.717, 1.165) is 5.92 Å². The summed E-state index contributed by atoms with van der Waals surface area (Å²) >= 11 is 0. The van der Waals surface area contributed by atoms with E-state index in [1.165, 1.54) is 37.7 Å². The SMILES string of the molecule is C1=C/C=C\C(C2CCCCC2)=C/C=C1. The van der Waals surface area contributed by atoms with Crippen LogP contribution < -0.4 is 0 Å². The average molecular weight is 186 g/mol. The van der Waals surface area contributed by atoms with E-state index in [4.69, 9.17) is 0 Å². The summed E-state index contributed by atoms with van der Waals surface area (Å²) < 4.78 is 0. The van der Waals surface area contributed by atoms with E-state index in [1.54, 1.807) is 0 Å². The summed E-state index contributed by atoms with van der Waals surface area (Å²) in [5, 5.41) is 0. The van der Waals surface area contributed by atoms with Crippen molar-refractivity contribution in [3.05, 3.63) is 48.1 Å². The molecule has 0 atom stereocenters. The Kier molecular flexibility index (Phi) is 3.39. The monoisotopic (exact) mass is 186 g/mol. The molecule has 1 fully saturated rings. The molecule has 14 heavy (non-hydrogen) atoms. The molecule has 0 unspecified atom stereocenters. The minimum atomic E-state index is 0.816. The summed E-state index contributed by atoms with van der Waals surface area (Å²) in [6, 6.07) is 0. The van der Waals surface area contributed by atoms with Gasteiger partial charge in [-0.05, 0) is 24.3 Å². The highest BCUT2D eigenvalue weighted by Crippen LogP contribution is 2.30. The van der Waals surface area contributed by atoms with Crippen molar-refractivity contribution in [2.24, 2.45) is 5.92 Å². The number of hydrogen-bond acceptors (Lipinski definition) is 0. The van der Waals surface area contributed by atoms with Gasteiger partial charge in [0.25, 0.3) is 0 Å². The van der Waals surface area contributed by atoms with Crippen LogP contribution in [0, 0.1) is 5.92 Å². The second kappa shape index (κ2) is 4.99. The third kappa shape index (κ3) is 2.47. The van der Waals surface area contributed by atoms with E-state index >= 15 is 0 Å². The van der Waals surface area contributed by atoms with Crippen LogP contribution in [0.1, 0.15) is 32.1 Å². The molecule has 0 radical (unpaired) electrons. The van der Waals surface area contributed by atoms with Crippen LogP contribution in [-0.2, 0) is 0 Å². The lowest BCUT2D eigenvalue weighted by molar-refractivity contribution is 0.408. The van der Waals surface area contributed by atoms with Gasteiger partial charge in [-0.2, -0.15) is 0 Å². The van der Waals surface area contributed by atoms with Gasteiger partial charge >= 0.3 is 0 Å². The smallest absolute Gasteiger partial charge is 0.0162 e. The highest BCUT2D eigenvalue weighted by Gasteiger charge is 2.15. The first-order valence-electron chi connectivity index (χ1n) is 5.68. The Morgan fingerprint density at radius 1 is 0.786 bits per heavy atom. The Balaban J connectivity index is 2.07. The molecular weight excluding hydrogens is 168 g/mol. The molecule has 2 aliphatic carbocycles. The molecule has 0 heteroatoms. The van der Waals surface area contributed by atoms with Crippen LogP contribution >= 0.6 is 0 Å². The third-order valence-electron chi connectivity index (χ3n) is 3.10. The Labute approximate surface area is 86.7 Å². The Bertz CT molecular complexity index is 283. The molecule has 0 bridgehead atoms. The lowest BCUT2D eigenvalue weighted by Gasteiger charge is -2.22. The van der Waals surface area contributed by atoms with Gasteiger partial charge in [0.1, 0.15) is 0 Å². The van der Waals surface area contributed by atoms with Gasteiger partial charge in [0.15, 0.2) is 0 Å². The van der Waals surface area contributed by atoms with Gasteiger partial charge in [-0.25, -0.2) is 0 Å². The Hall–Kier alpha value is -1.04. The predicted octanol–water partition coefficient (Wildman–Crippen LogP) is 4.18. The van der Waals surface area contributed by atoms with E-state index in [-0.39, 0.29) is 0 Å². The summed E-state index contributed by atoms with van der Waals surface area (Å²) in [6.45, 7) is 0. The maximum absolute atomic E-state index is 2.27. The fourth-order valence-electron chi connectivity index (χ4n) is 2.29. The molecule has 0 nitrogen and oxygen atoms in total. The van der Waals surface area contributed by atoms with Crippen LogP contribution in [0.4, 0.5) is 0 Å². The highest BCUT2D eigenvalue weighted by atomic mass is 14.2. The van der Waals surface area contributed by atoms with Crippen molar-refractivity contribution in [3.63, 3.8) is 0 Å². The maximum atomic E-state index is 2.27. The van der Waals surface area contributed by atoms with Crippen LogP contribution in [0.15, 0.2) is 48.1 Å². The number of allylic oxidation sites excluding steroid dienone is 8. The number of hydrogen-bond donors (Lipinski definition) is 0. The van der Waals surface area contributed by atoms with E-state index in [1.807, 2.05) is 0 Å². The van der Waals surface area contributed by atoms with Crippen molar-refractivity contribution in [2.45, 2.75) is 32.1 Å². The van der Waals surface area contributed by atoms with Gasteiger partial charge in [-0.15, -0.1) is 0 Å². The molecule has 0 saturated heterocycles. The fraction of sp³-hybridized carbons (Fsp3) is 0.429. The van der Waals surface area contributed by atoms with Gasteiger partial charge < -0.3 is 0 Å². The van der Waals surface area contributed by atoms with Crippen LogP contribution in [0.25, 0.3) is 0 Å². The van der Waals surface area contributed by atoms with Crippen LogP contribution in [0.3, 0.4) is 0 Å². The Morgan fingerprint density at radius 3 is 2.36 bits per heavy atom. The predicted molar refractivity (Wildman–Crippen MR) is 62.1 cm³/mol. The minimum Gasteiger partial charge on any atom is -0.0623 e. The molecule has 2 rings (SSSR count). The molecule has 0 spiro atoms. The second-order valence-electron chi connectivity index (χ2n) is 4.13. The van der Waals surface area contributed by atoms with E-state index in [0.29, 0.717) is 0 Å². The molecular formula is C14H18. The van der Waals surface area contributed by atoms with Gasteiger partial charge in [-0.1, -0.05) is 61.8 Å². The van der Waals surface area contributed by atoms with Crippen molar-refractivity contribution >= 4 is 0 Å². The zero-order valence-corrected chi connectivity index (χ0v) is 8.65. The minimum absolute atomic E-state index is 0.816. The maximum Gasteiger partial charge on any atom is -0.0162 e. The summed E-state index contributed by atoms with van der Waals surface area (Å²) in [6.07, 6.45) is 22.2. The van der Waals surface area contributed by atoms with Crippen LogP contribution in [-0.4, -0.2) is 0 Å². The first-order valence-corrected chi connectivity index (χ1v) is 5.68. The largest absolute Gasteiger partial charge is 0.0623 e. The lowest BCUT2D eigenvalue weighted by Crippen LogP contribution is -2.07. The highest BCUT2D eigenvalue weighted by molar-refractivity contribution is 5.32. The lowest BCUT2D eigenvalue weighted by atomic mass is 9.83. The summed E-state index contributed by atoms with van der Waals surface area (Å²) in [7, 11) is 0. The number of rotatable bonds is 1. The van der Waals surface area contributed by atoms with Crippen molar-refractivity contribution in [1.29, 1.82) is 0 Å². The molecule has 0 heterocycles. The summed E-state index contributed by atoms with van der Waals surface area (Å²) in [5.41, 5.74) is 1.52. The van der Waals surface area contributed by atoms with Crippen molar-refractivity contribution in [3.8, 4) is 0 Å². The third-order valence-corrected chi connectivity index (χ3v) is 3.10. The van der Waals surface area contributed by atoms with Gasteiger partial charge in [-0.3, -0.25) is 0 Å². The summed E-state index contributed by atoms with van der Waals surface area (Å²) in [5.74, 6) is 0.816. The first-order chi connectivity index (χ1) is 6.97. The quantitative estimate of drug-likeness (QED) is 0.576. The molecule has 0 N–H and O–H groups in total. The van der Waals surface area contributed by atoms with Crippen molar-refractivity contribution < 1.29 is 0 Å². The molecule has 2 aliphatic rings. The second-order valence-corrected chi connectivity index (χ2v) is 4.13. The fourth-order valence-corrected chi connectivity index (χ4v) is 2.29. The van der Waals surface area contributed by atoms with Crippen LogP contribution in [0.5, 0.6) is 0 Å². The van der Waals surface area contributed by atoms with Gasteiger partial charge in [0.2, 0.25) is 0 Å². The van der Waals surface area contributed by atoms with E-state index in [2.05, 4.69) is 42.5 Å². The molecule has 0 aromatic rings. The standard InChI is InChI=1S/C14H18/c1-2-5-9-13(10-6-3-1)14-11-7-4-8-12-14/h1-3,5-6,9-10,14H,4,7-8,11-12H2/b2-1?,3-1?,5-2?,6-3?,9-5-,10-6?,13-9?,13-10+. The zero-order chi connectivity index (χ0) is 9.64. The molecule has 0 aromatic carbocycles. The molecule has 1 saturated carbocycles. The van der Waals surface area contributed by atoms with Crippen LogP contribution in [0.2, 0.25) is 0 Å². The molecule has 0 aromatic heterocycles. The first kappa shape index (κ1) is 9.51. The molecule has 74 valence electrons. The summed E-state index contributed by atoms with van der Waals surface area (Å²) in [4.78, 5) is 0. The topological polar surface area (TPSA) is 0 Å². The normalized spacial score (nSPS) is 29.0. The molecule has 0 amide bonds. The van der Waals surface area contributed by atoms with Crippen molar-refractivity contribution in [2.75, 3.05) is 0 Å². The van der Waals surface area contributed by atoms with Crippen molar-refractivity contribution in [1.82, 2.24) is 0 Å². The van der Waals surface area contributed by atoms with Gasteiger partial charge in [0.05, 0.1) is 0 Å². The Morgan fingerprint density at radius 2 is 1.50 bits per heavy atom. The zero-order valence-electron chi connectivity index (χ0n) is 8.65. The molecule has 0 aliphatic heterocycles. The van der Waals surface area contributed by atoms with Gasteiger partial charge in [0, 0.05) is 0 Å². The van der Waals surface area contributed by atoms with E-state index in [9.17, 15) is 0 Å². The average Bonchev–Trinajstić information content (AvgIpc) is 2.18.